The second kappa shape index (κ2) is 46.8. The van der Waals surface area contributed by atoms with Gasteiger partial charge < -0.3 is 64.2 Å². The van der Waals surface area contributed by atoms with Gasteiger partial charge in [0.05, 0.1) is 26.4 Å². The Hall–Kier alpha value is -2.31. The highest BCUT2D eigenvalue weighted by Gasteiger charge is 2.47. The summed E-state index contributed by atoms with van der Waals surface area (Å²) in [5.41, 5.74) is 0. The second-order valence-electron chi connectivity index (χ2n) is 20.4. The molecule has 2 heterocycles. The van der Waals surface area contributed by atoms with E-state index in [2.05, 4.69) is 74.6 Å². The van der Waals surface area contributed by atoms with Crippen LogP contribution >= 0.6 is 0 Å². The Morgan fingerprint density at radius 2 is 0.878 bits per heavy atom. The van der Waals surface area contributed by atoms with Crippen molar-refractivity contribution in [3.8, 4) is 0 Å². The number of aliphatic hydroxyl groups is 7. The molecule has 0 aromatic heterocycles. The predicted molar refractivity (Wildman–Crippen MR) is 293 cm³/mol. The first-order valence-electron chi connectivity index (χ1n) is 29.4. The fourth-order valence-electron chi connectivity index (χ4n) is 9.04. The van der Waals surface area contributed by atoms with Gasteiger partial charge in [0, 0.05) is 13.0 Å². The number of carbonyl (C=O) groups is 1. The standard InChI is InChI=1S/C60H106O14/c1-3-5-7-9-11-13-15-17-19-20-21-22-23-24-25-26-27-28-29-31-33-35-37-39-41-43-52(62)72-49(46-69-44-42-40-38-36-34-32-30-18-16-14-12-10-8-6-4-2)47-70-59-58(68)56(66)54(64)51(74-59)48-71-60-57(67)55(65)53(63)50(45-61)73-60/h5,7,11,13,16-19,21-22,49-51,53-61,63-68H,3-4,6,8-10,12,14-15,20,23-48H2,1-2H3/b7-5-,13-11-,18-16-,19-17-,22-21-. The fourth-order valence-corrected chi connectivity index (χ4v) is 9.04. The highest BCUT2D eigenvalue weighted by Crippen LogP contribution is 2.27. The van der Waals surface area contributed by atoms with Gasteiger partial charge in [-0.2, -0.15) is 0 Å². The maximum Gasteiger partial charge on any atom is 0.306 e. The Morgan fingerprint density at radius 3 is 1.39 bits per heavy atom. The van der Waals surface area contributed by atoms with Crippen molar-refractivity contribution >= 4 is 5.97 Å². The summed E-state index contributed by atoms with van der Waals surface area (Å²) in [6.07, 6.45) is 41.4. The number of unbranched alkanes of at least 4 members (excludes halogenated alkanes) is 23. The van der Waals surface area contributed by atoms with E-state index in [-0.39, 0.29) is 25.6 Å². The SMILES string of the molecule is CC/C=C\C/C=C\C/C=C\C/C=C\CCCCCCCCCCCCCCC(=O)OC(COCCCCCCCC/C=C\CCCCCCC)COC1OC(COC2OC(CO)C(O)C(O)C2O)C(O)C(O)C1O. The van der Waals surface area contributed by atoms with E-state index in [1.807, 2.05) is 0 Å². The number of ether oxygens (including phenoxy) is 6. The molecule has 430 valence electrons. The Labute approximate surface area is 447 Å². The Balaban J connectivity index is 1.69. The average molecular weight is 1050 g/mol. The molecule has 0 aliphatic carbocycles. The molecule has 11 unspecified atom stereocenters. The van der Waals surface area contributed by atoms with E-state index in [0.29, 0.717) is 13.0 Å². The van der Waals surface area contributed by atoms with E-state index in [1.165, 1.54) is 109 Å². The number of allylic oxidation sites excluding steroid dienone is 10. The highest BCUT2D eigenvalue weighted by atomic mass is 16.7. The third-order valence-electron chi connectivity index (χ3n) is 13.8. The van der Waals surface area contributed by atoms with Gasteiger partial charge in [0.25, 0.3) is 0 Å². The van der Waals surface area contributed by atoms with Gasteiger partial charge in [-0.1, -0.05) is 190 Å². The Kier molecular flexibility index (Phi) is 42.8. The topological polar surface area (TPSA) is 214 Å². The molecule has 14 nitrogen and oxygen atoms in total. The summed E-state index contributed by atoms with van der Waals surface area (Å²) in [7, 11) is 0. The van der Waals surface area contributed by atoms with Crippen LogP contribution in [0.3, 0.4) is 0 Å². The zero-order valence-corrected chi connectivity index (χ0v) is 46.1. The maximum absolute atomic E-state index is 13.1. The van der Waals surface area contributed by atoms with Crippen molar-refractivity contribution in [3.05, 3.63) is 60.8 Å². The van der Waals surface area contributed by atoms with Crippen LogP contribution < -0.4 is 0 Å². The van der Waals surface area contributed by atoms with Crippen LogP contribution in [-0.4, -0.2) is 142 Å². The molecule has 0 spiro atoms. The van der Waals surface area contributed by atoms with Crippen LogP contribution in [0.1, 0.15) is 213 Å². The third-order valence-corrected chi connectivity index (χ3v) is 13.8. The van der Waals surface area contributed by atoms with Crippen LogP contribution in [0.15, 0.2) is 60.8 Å². The molecule has 0 radical (unpaired) electrons. The van der Waals surface area contributed by atoms with Crippen LogP contribution in [0.25, 0.3) is 0 Å². The zero-order valence-electron chi connectivity index (χ0n) is 46.1. The van der Waals surface area contributed by atoms with Crippen molar-refractivity contribution in [2.75, 3.05) is 33.0 Å². The smallest absolute Gasteiger partial charge is 0.306 e. The molecule has 0 aromatic carbocycles. The van der Waals surface area contributed by atoms with Crippen LogP contribution in [0, 0.1) is 0 Å². The number of esters is 1. The predicted octanol–water partition coefficient (Wildman–Crippen LogP) is 10.5. The molecule has 0 amide bonds. The lowest BCUT2D eigenvalue weighted by Crippen LogP contribution is -2.61. The molecular formula is C60H106O14. The van der Waals surface area contributed by atoms with Gasteiger partial charge in [-0.25, -0.2) is 0 Å². The molecular weight excluding hydrogens is 945 g/mol. The second-order valence-corrected chi connectivity index (χ2v) is 20.4. The molecule has 74 heavy (non-hydrogen) atoms. The summed E-state index contributed by atoms with van der Waals surface area (Å²) in [6, 6.07) is 0. The molecule has 14 heteroatoms. The quantitative estimate of drug-likeness (QED) is 0.0172. The van der Waals surface area contributed by atoms with Crippen LogP contribution in [0.2, 0.25) is 0 Å². The minimum absolute atomic E-state index is 0.0559. The number of carbonyl (C=O) groups excluding carboxylic acids is 1. The van der Waals surface area contributed by atoms with E-state index in [0.717, 1.165) is 77.0 Å². The molecule has 2 rings (SSSR count). The molecule has 0 aromatic rings. The number of aliphatic hydroxyl groups excluding tert-OH is 7. The third kappa shape index (κ3) is 33.1. The Bertz CT molecular complexity index is 1450. The normalized spacial score (nSPS) is 25.2. The van der Waals surface area contributed by atoms with Crippen molar-refractivity contribution < 1.29 is 69.0 Å². The molecule has 2 fully saturated rings. The van der Waals surface area contributed by atoms with Crippen molar-refractivity contribution in [2.45, 2.75) is 280 Å². The fraction of sp³-hybridized carbons (Fsp3) is 0.817. The molecule has 0 bridgehead atoms. The molecule has 11 atom stereocenters. The number of rotatable bonds is 47. The monoisotopic (exact) mass is 1050 g/mol. The first-order chi connectivity index (χ1) is 36.1. The first-order valence-corrected chi connectivity index (χ1v) is 29.4. The largest absolute Gasteiger partial charge is 0.457 e. The van der Waals surface area contributed by atoms with Gasteiger partial charge in [-0.15, -0.1) is 0 Å². The lowest BCUT2D eigenvalue weighted by Gasteiger charge is -2.42. The van der Waals surface area contributed by atoms with E-state index in [4.69, 9.17) is 28.4 Å². The van der Waals surface area contributed by atoms with E-state index >= 15 is 0 Å². The van der Waals surface area contributed by atoms with Crippen LogP contribution in [0.5, 0.6) is 0 Å². The van der Waals surface area contributed by atoms with E-state index in [9.17, 15) is 40.5 Å². The van der Waals surface area contributed by atoms with E-state index in [1.54, 1.807) is 0 Å². The number of hydrogen-bond acceptors (Lipinski definition) is 14. The highest BCUT2D eigenvalue weighted by molar-refractivity contribution is 5.69. The van der Waals surface area contributed by atoms with Gasteiger partial charge >= 0.3 is 5.97 Å². The van der Waals surface area contributed by atoms with Crippen molar-refractivity contribution in [1.29, 1.82) is 0 Å². The molecule has 2 aliphatic rings. The summed E-state index contributed by atoms with van der Waals surface area (Å²) >= 11 is 0. The molecule has 7 N–H and O–H groups in total. The zero-order chi connectivity index (χ0) is 53.7. The summed E-state index contributed by atoms with van der Waals surface area (Å²) in [6.45, 7) is 3.57. The van der Waals surface area contributed by atoms with Crippen molar-refractivity contribution in [3.63, 3.8) is 0 Å². The van der Waals surface area contributed by atoms with E-state index < -0.39 is 80.7 Å². The van der Waals surface area contributed by atoms with Crippen molar-refractivity contribution in [2.24, 2.45) is 0 Å². The average Bonchev–Trinajstić information content (AvgIpc) is 3.40. The minimum atomic E-state index is -1.71. The van der Waals surface area contributed by atoms with Crippen LogP contribution in [-0.2, 0) is 33.2 Å². The first kappa shape index (κ1) is 67.8. The summed E-state index contributed by atoms with van der Waals surface area (Å²) in [5.74, 6) is -0.381. The summed E-state index contributed by atoms with van der Waals surface area (Å²) in [4.78, 5) is 13.1. The lowest BCUT2D eigenvalue weighted by atomic mass is 9.98. The van der Waals surface area contributed by atoms with Gasteiger partial charge in [-0.05, 0) is 77.0 Å². The molecule has 2 saturated heterocycles. The lowest BCUT2D eigenvalue weighted by molar-refractivity contribution is -0.332. The Morgan fingerprint density at radius 1 is 0.459 bits per heavy atom. The van der Waals surface area contributed by atoms with Gasteiger partial charge in [0.2, 0.25) is 0 Å². The maximum atomic E-state index is 13.1. The van der Waals surface area contributed by atoms with Crippen molar-refractivity contribution in [1.82, 2.24) is 0 Å². The molecule has 0 saturated carbocycles. The van der Waals surface area contributed by atoms with Gasteiger partial charge in [-0.3, -0.25) is 4.79 Å². The van der Waals surface area contributed by atoms with Gasteiger partial charge in [0.15, 0.2) is 12.6 Å². The van der Waals surface area contributed by atoms with Crippen LogP contribution in [0.4, 0.5) is 0 Å². The summed E-state index contributed by atoms with van der Waals surface area (Å²) < 4.78 is 34.4. The molecule has 2 aliphatic heterocycles. The number of hydrogen-bond donors (Lipinski definition) is 7. The van der Waals surface area contributed by atoms with Gasteiger partial charge in [0.1, 0.15) is 54.9 Å². The summed E-state index contributed by atoms with van der Waals surface area (Å²) in [5, 5.41) is 72.3. The minimum Gasteiger partial charge on any atom is -0.457 e.